The molecule has 1 amide bonds. The number of ether oxygens (including phenoxy) is 1. The molecule has 0 aliphatic rings. The second-order valence-corrected chi connectivity index (χ2v) is 4.50. The standard InChI is InChI=1S/C14H21N3O3/c1-17-12(18)14(16,8-5-9-15)13(19)20-10-11-6-3-2-4-7-11/h2-4,6-7H,5,8-10,15-16H2,1H3,(H,17,18)/t14-/m0/s1. The second-order valence-electron chi connectivity index (χ2n) is 4.50. The minimum atomic E-state index is -1.69. The molecule has 20 heavy (non-hydrogen) atoms. The molecule has 0 radical (unpaired) electrons. The summed E-state index contributed by atoms with van der Waals surface area (Å²) >= 11 is 0. The van der Waals surface area contributed by atoms with Gasteiger partial charge >= 0.3 is 5.97 Å². The van der Waals surface area contributed by atoms with Crippen molar-refractivity contribution in [2.24, 2.45) is 11.5 Å². The van der Waals surface area contributed by atoms with E-state index in [4.69, 9.17) is 16.2 Å². The van der Waals surface area contributed by atoms with E-state index in [9.17, 15) is 9.59 Å². The Kier molecular flexibility index (Phi) is 6.14. The van der Waals surface area contributed by atoms with Crippen molar-refractivity contribution in [1.29, 1.82) is 0 Å². The van der Waals surface area contributed by atoms with Crippen molar-refractivity contribution in [3.63, 3.8) is 0 Å². The highest BCUT2D eigenvalue weighted by Crippen LogP contribution is 2.14. The monoisotopic (exact) mass is 279 g/mol. The Morgan fingerprint density at radius 2 is 1.95 bits per heavy atom. The van der Waals surface area contributed by atoms with Gasteiger partial charge in [0.05, 0.1) is 0 Å². The number of likely N-dealkylation sites (N-methyl/N-ethyl adjacent to an activating group) is 1. The van der Waals surface area contributed by atoms with Crippen molar-refractivity contribution in [3.05, 3.63) is 35.9 Å². The molecule has 0 aliphatic heterocycles. The van der Waals surface area contributed by atoms with Crippen LogP contribution in [0.15, 0.2) is 30.3 Å². The van der Waals surface area contributed by atoms with E-state index in [0.717, 1.165) is 5.56 Å². The van der Waals surface area contributed by atoms with E-state index in [-0.39, 0.29) is 13.0 Å². The predicted octanol–water partition coefficient (Wildman–Crippen LogP) is -0.0878. The third-order valence-corrected chi connectivity index (χ3v) is 2.98. The van der Waals surface area contributed by atoms with E-state index in [1.807, 2.05) is 30.3 Å². The zero-order valence-corrected chi connectivity index (χ0v) is 11.6. The highest BCUT2D eigenvalue weighted by atomic mass is 16.5. The molecule has 5 N–H and O–H groups in total. The highest BCUT2D eigenvalue weighted by molar-refractivity contribution is 6.07. The quantitative estimate of drug-likeness (QED) is 0.477. The molecule has 6 nitrogen and oxygen atoms in total. The van der Waals surface area contributed by atoms with Crippen LogP contribution in [-0.2, 0) is 20.9 Å². The predicted molar refractivity (Wildman–Crippen MR) is 75.5 cm³/mol. The Balaban J connectivity index is 2.70. The molecular weight excluding hydrogens is 258 g/mol. The molecule has 6 heteroatoms. The van der Waals surface area contributed by atoms with Crippen LogP contribution in [-0.4, -0.2) is 31.0 Å². The maximum Gasteiger partial charge on any atom is 0.336 e. The summed E-state index contributed by atoms with van der Waals surface area (Å²) in [7, 11) is 1.43. The van der Waals surface area contributed by atoms with Crippen molar-refractivity contribution in [1.82, 2.24) is 5.32 Å². The lowest BCUT2D eigenvalue weighted by Crippen LogP contribution is -2.59. The molecule has 0 saturated carbocycles. The van der Waals surface area contributed by atoms with Gasteiger partial charge in [0, 0.05) is 7.05 Å². The second kappa shape index (κ2) is 7.62. The fraction of sp³-hybridized carbons (Fsp3) is 0.429. The molecule has 110 valence electrons. The van der Waals surface area contributed by atoms with E-state index >= 15 is 0 Å². The van der Waals surface area contributed by atoms with E-state index in [2.05, 4.69) is 5.32 Å². The summed E-state index contributed by atoms with van der Waals surface area (Å²) < 4.78 is 5.15. The molecule has 0 aromatic heterocycles. The number of hydrogen-bond acceptors (Lipinski definition) is 5. The first kappa shape index (κ1) is 16.1. The minimum Gasteiger partial charge on any atom is -0.459 e. The van der Waals surface area contributed by atoms with Crippen LogP contribution in [0.3, 0.4) is 0 Å². The third-order valence-electron chi connectivity index (χ3n) is 2.98. The SMILES string of the molecule is CNC(=O)[C@@](N)(CCCN)C(=O)OCc1ccccc1. The molecule has 0 bridgehead atoms. The normalized spacial score (nSPS) is 13.3. The van der Waals surface area contributed by atoms with E-state index in [1.165, 1.54) is 7.05 Å². The van der Waals surface area contributed by atoms with E-state index in [1.54, 1.807) is 0 Å². The minimum absolute atomic E-state index is 0.0816. The zero-order valence-electron chi connectivity index (χ0n) is 11.6. The Bertz CT molecular complexity index is 450. The summed E-state index contributed by atoms with van der Waals surface area (Å²) in [6, 6.07) is 9.19. The first-order chi connectivity index (χ1) is 9.54. The highest BCUT2D eigenvalue weighted by Gasteiger charge is 2.42. The smallest absolute Gasteiger partial charge is 0.336 e. The molecular formula is C14H21N3O3. The molecule has 1 aromatic rings. The molecule has 1 atom stereocenters. The van der Waals surface area contributed by atoms with Crippen LogP contribution in [0.5, 0.6) is 0 Å². The van der Waals surface area contributed by atoms with Crippen LogP contribution < -0.4 is 16.8 Å². The van der Waals surface area contributed by atoms with Gasteiger partial charge in [-0.2, -0.15) is 0 Å². The van der Waals surface area contributed by atoms with Crippen molar-refractivity contribution in [2.45, 2.75) is 25.0 Å². The van der Waals surface area contributed by atoms with E-state index < -0.39 is 17.4 Å². The largest absolute Gasteiger partial charge is 0.459 e. The van der Waals surface area contributed by atoms with Gasteiger partial charge in [0.2, 0.25) is 0 Å². The van der Waals surface area contributed by atoms with Gasteiger partial charge in [-0.25, -0.2) is 4.79 Å². The molecule has 0 spiro atoms. The third kappa shape index (κ3) is 4.04. The van der Waals surface area contributed by atoms with Gasteiger partial charge in [0.25, 0.3) is 5.91 Å². The van der Waals surface area contributed by atoms with E-state index in [0.29, 0.717) is 13.0 Å². The van der Waals surface area contributed by atoms with Crippen molar-refractivity contribution in [3.8, 4) is 0 Å². The Morgan fingerprint density at radius 1 is 1.30 bits per heavy atom. The first-order valence-electron chi connectivity index (χ1n) is 6.47. The average Bonchev–Trinajstić information content (AvgIpc) is 2.50. The number of carbonyl (C=O) groups is 2. The van der Waals surface area contributed by atoms with Gasteiger partial charge in [0.1, 0.15) is 6.61 Å². The molecule has 0 fully saturated rings. The number of rotatable bonds is 7. The Morgan fingerprint density at radius 3 is 2.50 bits per heavy atom. The van der Waals surface area contributed by atoms with Crippen LogP contribution in [0.2, 0.25) is 0 Å². The van der Waals surface area contributed by atoms with Crippen LogP contribution in [0.25, 0.3) is 0 Å². The lowest BCUT2D eigenvalue weighted by molar-refractivity contribution is -0.156. The lowest BCUT2D eigenvalue weighted by atomic mass is 9.93. The topological polar surface area (TPSA) is 107 Å². The summed E-state index contributed by atoms with van der Waals surface area (Å²) in [4.78, 5) is 23.9. The molecule has 0 aliphatic carbocycles. The first-order valence-corrected chi connectivity index (χ1v) is 6.47. The average molecular weight is 279 g/mol. The maximum atomic E-state index is 12.1. The number of esters is 1. The van der Waals surface area contributed by atoms with Crippen LogP contribution in [0.4, 0.5) is 0 Å². The van der Waals surface area contributed by atoms with Crippen molar-refractivity contribution in [2.75, 3.05) is 13.6 Å². The van der Waals surface area contributed by atoms with Crippen LogP contribution in [0.1, 0.15) is 18.4 Å². The Hall–Kier alpha value is -1.92. The number of benzene rings is 1. The fourth-order valence-corrected chi connectivity index (χ4v) is 1.76. The van der Waals surface area contributed by atoms with Crippen molar-refractivity contribution < 1.29 is 14.3 Å². The van der Waals surface area contributed by atoms with Gasteiger partial charge in [-0.1, -0.05) is 30.3 Å². The number of amides is 1. The number of hydrogen-bond donors (Lipinski definition) is 3. The molecule has 0 heterocycles. The number of carbonyl (C=O) groups excluding carboxylic acids is 2. The molecule has 1 rings (SSSR count). The van der Waals surface area contributed by atoms with Gasteiger partial charge in [-0.15, -0.1) is 0 Å². The van der Waals surface area contributed by atoms with Gasteiger partial charge in [-0.05, 0) is 24.9 Å². The summed E-state index contributed by atoms with van der Waals surface area (Å²) in [6.45, 7) is 0.431. The molecule has 1 aromatic carbocycles. The lowest BCUT2D eigenvalue weighted by Gasteiger charge is -2.25. The summed E-state index contributed by atoms with van der Waals surface area (Å²) in [5.74, 6) is -1.31. The molecule has 0 unspecified atom stereocenters. The summed E-state index contributed by atoms with van der Waals surface area (Å²) in [5, 5.41) is 2.39. The number of nitrogens with two attached hydrogens (primary N) is 2. The maximum absolute atomic E-state index is 12.1. The number of nitrogens with one attached hydrogen (secondary N) is 1. The molecule has 0 saturated heterocycles. The van der Waals surface area contributed by atoms with Gasteiger partial charge in [0.15, 0.2) is 5.54 Å². The summed E-state index contributed by atoms with van der Waals surface area (Å²) in [6.07, 6.45) is 0.612. The van der Waals surface area contributed by atoms with Gasteiger partial charge in [-0.3, -0.25) is 4.79 Å². The van der Waals surface area contributed by atoms with Crippen molar-refractivity contribution >= 4 is 11.9 Å². The van der Waals surface area contributed by atoms with Gasteiger partial charge < -0.3 is 21.5 Å². The van der Waals surface area contributed by atoms with Crippen LogP contribution >= 0.6 is 0 Å². The zero-order chi connectivity index (χ0) is 15.0. The van der Waals surface area contributed by atoms with Crippen LogP contribution in [0, 0.1) is 0 Å². The summed E-state index contributed by atoms with van der Waals surface area (Å²) in [5.41, 5.74) is 10.4. The fourth-order valence-electron chi connectivity index (χ4n) is 1.76. The Labute approximate surface area is 118 Å².